The third-order valence-electron chi connectivity index (χ3n) is 7.60. The lowest BCUT2D eigenvalue weighted by Gasteiger charge is -2.33. The number of hydrogen-bond donors (Lipinski definition) is 2. The summed E-state index contributed by atoms with van der Waals surface area (Å²) in [6, 6.07) is 15.2. The lowest BCUT2D eigenvalue weighted by molar-refractivity contribution is -0.142. The van der Waals surface area contributed by atoms with Gasteiger partial charge in [-0.1, -0.05) is 77.5 Å². The minimum Gasteiger partial charge on any atom is -0.543 e. The summed E-state index contributed by atoms with van der Waals surface area (Å²) >= 11 is 0. The normalized spacial score (nSPS) is 12.6. The van der Waals surface area contributed by atoms with Crippen LogP contribution in [0.5, 0.6) is 5.75 Å². The Balaban J connectivity index is 1.86. The third kappa shape index (κ3) is 8.10. The molecule has 1 aromatic carbocycles. The first-order valence-electron chi connectivity index (χ1n) is 15.0. The first kappa shape index (κ1) is 33.3. The van der Waals surface area contributed by atoms with Gasteiger partial charge in [0.25, 0.3) is 8.32 Å². The molecule has 3 heterocycles. The summed E-state index contributed by atoms with van der Waals surface area (Å²) in [4.78, 5) is 4.38. The first-order valence-corrected chi connectivity index (χ1v) is 17.5. The van der Waals surface area contributed by atoms with E-state index in [1.54, 1.807) is 12.1 Å². The van der Waals surface area contributed by atoms with Gasteiger partial charge in [0.15, 0.2) is 0 Å². The Hall–Kier alpha value is -3.61. The monoisotopic (exact) mass is 637 g/mol. The summed E-state index contributed by atoms with van der Waals surface area (Å²) in [6.45, 7) is 6.47. The summed E-state index contributed by atoms with van der Waals surface area (Å²) in [5.74, 6) is 0.640. The Morgan fingerprint density at radius 3 is 1.52 bits per heavy atom. The van der Waals surface area contributed by atoms with Crippen molar-refractivity contribution in [2.45, 2.75) is 89.8 Å². The number of aromatic amines is 2. The van der Waals surface area contributed by atoms with Gasteiger partial charge in [-0.05, 0) is 54.0 Å². The van der Waals surface area contributed by atoms with Gasteiger partial charge in [-0.2, -0.15) is 36.5 Å². The summed E-state index contributed by atoms with van der Waals surface area (Å²) in [7, 11) is -2.25. The number of benzene rings is 1. The maximum Gasteiger partial charge on any atom is 0.432 e. The zero-order chi connectivity index (χ0) is 32.0. The fourth-order valence-corrected chi connectivity index (χ4v) is 9.89. The topological polar surface area (TPSA) is 79.5 Å². The highest BCUT2D eigenvalue weighted by atomic mass is 28.4. The molecule has 0 saturated carbocycles. The van der Waals surface area contributed by atoms with Gasteiger partial charge in [0.2, 0.25) is 0 Å². The highest BCUT2D eigenvalue weighted by molar-refractivity contribution is 6.74. The average Bonchev–Trinajstić information content (AvgIpc) is 3.69. The summed E-state index contributed by atoms with van der Waals surface area (Å²) in [6.07, 6.45) is -3.06. The van der Waals surface area contributed by atoms with Crippen molar-refractivity contribution >= 4 is 8.32 Å². The molecule has 0 amide bonds. The lowest BCUT2D eigenvalue weighted by Crippen LogP contribution is -2.41. The molecular formula is C31H37F6N5OSi. The lowest BCUT2D eigenvalue weighted by atomic mass is 10.0. The number of pyridine rings is 1. The molecule has 0 aliphatic carbocycles. The van der Waals surface area contributed by atoms with Crippen LogP contribution in [-0.4, -0.2) is 33.7 Å². The molecule has 0 fully saturated rings. The predicted octanol–water partition coefficient (Wildman–Crippen LogP) is 10.3. The van der Waals surface area contributed by atoms with Gasteiger partial charge in [0, 0.05) is 5.56 Å². The van der Waals surface area contributed by atoms with E-state index in [2.05, 4.69) is 36.0 Å². The van der Waals surface area contributed by atoms with Crippen LogP contribution in [0, 0.1) is 0 Å². The van der Waals surface area contributed by atoms with Crippen molar-refractivity contribution in [1.29, 1.82) is 0 Å². The Kier molecular flexibility index (Phi) is 10.6. The van der Waals surface area contributed by atoms with Crippen molar-refractivity contribution in [2.75, 3.05) is 0 Å². The largest absolute Gasteiger partial charge is 0.543 e. The van der Waals surface area contributed by atoms with Crippen molar-refractivity contribution < 1.29 is 30.8 Å². The van der Waals surface area contributed by atoms with Crippen LogP contribution in [-0.2, 0) is 12.4 Å². The van der Waals surface area contributed by atoms with Crippen LogP contribution in [0.2, 0.25) is 18.1 Å². The van der Waals surface area contributed by atoms with E-state index in [1.165, 1.54) is 0 Å². The van der Waals surface area contributed by atoms with Crippen LogP contribution in [0.1, 0.15) is 70.7 Å². The molecule has 4 aromatic rings. The molecule has 6 nitrogen and oxygen atoms in total. The van der Waals surface area contributed by atoms with E-state index in [-0.39, 0.29) is 22.8 Å². The zero-order valence-electron chi connectivity index (χ0n) is 25.0. The fourth-order valence-electron chi connectivity index (χ4n) is 5.20. The number of alkyl halides is 6. The maximum atomic E-state index is 13.4. The molecule has 0 radical (unpaired) electrons. The fraction of sp³-hybridized carbons (Fsp3) is 0.452. The summed E-state index contributed by atoms with van der Waals surface area (Å²) in [5.41, 5.74) is -1.09. The van der Waals surface area contributed by atoms with Crippen molar-refractivity contribution in [3.05, 3.63) is 59.9 Å². The molecule has 44 heavy (non-hydrogen) atoms. The van der Waals surface area contributed by atoms with Gasteiger partial charge in [-0.15, -0.1) is 0 Å². The summed E-state index contributed by atoms with van der Waals surface area (Å²) in [5, 5.41) is 11.6. The Bertz CT molecular complexity index is 1420. The quantitative estimate of drug-likeness (QED) is 0.107. The van der Waals surface area contributed by atoms with E-state index in [4.69, 9.17) is 4.43 Å². The molecular weight excluding hydrogens is 600 g/mol. The van der Waals surface area contributed by atoms with Crippen LogP contribution in [0.3, 0.4) is 0 Å². The number of halogens is 6. The molecule has 0 aliphatic heterocycles. The number of para-hydroxylation sites is 1. The molecule has 2 N–H and O–H groups in total. The maximum absolute atomic E-state index is 13.4. The van der Waals surface area contributed by atoms with E-state index in [1.807, 2.05) is 34.5 Å². The van der Waals surface area contributed by atoms with Gasteiger partial charge in [0.1, 0.15) is 28.5 Å². The highest BCUT2D eigenvalue weighted by Gasteiger charge is 2.37. The predicted molar refractivity (Wildman–Crippen MR) is 160 cm³/mol. The van der Waals surface area contributed by atoms with Gasteiger partial charge in [-0.3, -0.25) is 10.2 Å². The molecule has 0 bridgehead atoms. The van der Waals surface area contributed by atoms with E-state index in [9.17, 15) is 26.3 Å². The molecule has 3 aromatic heterocycles. The van der Waals surface area contributed by atoms with Crippen LogP contribution in [0.4, 0.5) is 26.3 Å². The van der Waals surface area contributed by atoms with Crippen LogP contribution in [0.15, 0.2) is 48.5 Å². The number of nitrogens with one attached hydrogen (secondary N) is 2. The van der Waals surface area contributed by atoms with E-state index >= 15 is 0 Å². The number of rotatable bonds is 14. The van der Waals surface area contributed by atoms with Crippen LogP contribution >= 0.6 is 0 Å². The standard InChI is InChI=1S/C31H37F6N5OSi/c1-4-7-14-44(15-8-5-2,16-9-6-3)43-27-13-11-10-12-22(27)21-17-23(25-19-28(41-39-25)30(32,33)34)38-24(18-21)26-20-29(42-40-26)31(35,36)37/h10-13,17-20H,4-9,14-16H2,1-3H3,(H,39,41)(H,40,42). The molecule has 0 unspecified atom stereocenters. The Morgan fingerprint density at radius 2 is 1.11 bits per heavy atom. The van der Waals surface area contributed by atoms with Crippen molar-refractivity contribution in [1.82, 2.24) is 25.4 Å². The number of aromatic nitrogens is 5. The number of H-pyrrole nitrogens is 2. The second-order valence-electron chi connectivity index (χ2n) is 11.0. The molecule has 13 heteroatoms. The SMILES string of the molecule is CCCC[Si](CCCC)(CCCC)Oc1ccccc1-c1cc(-c2cc(C(F)(F)F)[nH]n2)nc(-c2cc(C(F)(F)F)[nH]n2)c1. The second-order valence-corrected chi connectivity index (χ2v) is 15.1. The van der Waals surface area contributed by atoms with Gasteiger partial charge < -0.3 is 4.43 Å². The Labute approximate surface area is 253 Å². The first-order chi connectivity index (χ1) is 20.9. The van der Waals surface area contributed by atoms with Crippen molar-refractivity contribution in [3.63, 3.8) is 0 Å². The Morgan fingerprint density at radius 1 is 0.659 bits per heavy atom. The zero-order valence-corrected chi connectivity index (χ0v) is 26.0. The summed E-state index contributed by atoms with van der Waals surface area (Å²) < 4.78 is 87.3. The van der Waals surface area contributed by atoms with Crippen molar-refractivity contribution in [3.8, 4) is 39.7 Å². The van der Waals surface area contributed by atoms with Gasteiger partial charge in [0.05, 0.1) is 11.4 Å². The smallest absolute Gasteiger partial charge is 0.432 e. The molecule has 0 saturated heterocycles. The molecule has 0 spiro atoms. The molecule has 238 valence electrons. The highest BCUT2D eigenvalue weighted by Crippen LogP contribution is 2.40. The van der Waals surface area contributed by atoms with Gasteiger partial charge >= 0.3 is 12.4 Å². The van der Waals surface area contributed by atoms with E-state index < -0.39 is 32.1 Å². The second kappa shape index (κ2) is 14.0. The van der Waals surface area contributed by atoms with Crippen molar-refractivity contribution in [2.24, 2.45) is 0 Å². The average molecular weight is 638 g/mol. The minimum atomic E-state index is -4.67. The molecule has 0 atom stereocenters. The van der Waals surface area contributed by atoms with Crippen LogP contribution in [0.25, 0.3) is 33.9 Å². The third-order valence-corrected chi connectivity index (χ3v) is 12.0. The number of hydrogen-bond acceptors (Lipinski definition) is 4. The number of nitrogens with zero attached hydrogens (tertiary/aromatic N) is 3. The van der Waals surface area contributed by atoms with Crippen LogP contribution < -0.4 is 4.43 Å². The minimum absolute atomic E-state index is 0.0436. The number of unbranched alkanes of at least 4 members (excludes halogenated alkanes) is 3. The van der Waals surface area contributed by atoms with Gasteiger partial charge in [-0.25, -0.2) is 4.98 Å². The molecule has 0 aliphatic rings. The van der Waals surface area contributed by atoms with E-state index in [0.29, 0.717) is 16.9 Å². The van der Waals surface area contributed by atoms with E-state index in [0.717, 1.165) is 68.8 Å². The molecule has 4 rings (SSSR count).